The van der Waals surface area contributed by atoms with Crippen LogP contribution in [0.1, 0.15) is 29.3 Å². The highest BCUT2D eigenvalue weighted by Crippen LogP contribution is 2.19. The van der Waals surface area contributed by atoms with Crippen molar-refractivity contribution in [2.45, 2.75) is 20.3 Å². The minimum absolute atomic E-state index is 0.0613. The molecule has 2 unspecified atom stereocenters. The van der Waals surface area contributed by atoms with Crippen molar-refractivity contribution in [2.24, 2.45) is 11.8 Å². The molecule has 2 rings (SSSR count). The summed E-state index contributed by atoms with van der Waals surface area (Å²) in [6.07, 6.45) is 1.11. The number of hydrogen-bond acceptors (Lipinski definition) is 3. The molecule has 104 valence electrons. The highest BCUT2D eigenvalue weighted by molar-refractivity contribution is 5.94. The molecule has 0 spiro atoms. The SMILES string of the molecule is Cc1cc(C(=O)NCC2CCNCC2C)ccc1O. The standard InChI is InChI=1S/C15H22N2O2/c1-10-7-12(3-4-14(10)18)15(19)17-9-13-5-6-16-8-11(13)2/h3-4,7,11,13,16,18H,5-6,8-9H2,1-2H3,(H,17,19). The maximum absolute atomic E-state index is 12.0. The summed E-state index contributed by atoms with van der Waals surface area (Å²) < 4.78 is 0. The van der Waals surface area contributed by atoms with Gasteiger partial charge in [-0.15, -0.1) is 0 Å². The number of amides is 1. The van der Waals surface area contributed by atoms with Crippen molar-refractivity contribution in [3.8, 4) is 5.75 Å². The number of nitrogens with one attached hydrogen (secondary N) is 2. The normalized spacial score (nSPS) is 23.1. The summed E-state index contributed by atoms with van der Waals surface area (Å²) in [6, 6.07) is 4.94. The molecule has 0 bridgehead atoms. The fraction of sp³-hybridized carbons (Fsp3) is 0.533. The Morgan fingerprint density at radius 1 is 1.53 bits per heavy atom. The lowest BCUT2D eigenvalue weighted by Gasteiger charge is -2.29. The van der Waals surface area contributed by atoms with Crippen LogP contribution in [0.5, 0.6) is 5.75 Å². The van der Waals surface area contributed by atoms with Crippen LogP contribution in [0, 0.1) is 18.8 Å². The van der Waals surface area contributed by atoms with Gasteiger partial charge in [-0.2, -0.15) is 0 Å². The number of rotatable bonds is 3. The molecule has 0 saturated carbocycles. The number of aromatic hydroxyl groups is 1. The molecule has 0 aromatic heterocycles. The maximum atomic E-state index is 12.0. The third kappa shape index (κ3) is 3.47. The van der Waals surface area contributed by atoms with E-state index in [0.29, 0.717) is 17.4 Å². The number of hydrogen-bond donors (Lipinski definition) is 3. The van der Waals surface area contributed by atoms with Gasteiger partial charge in [-0.05, 0) is 62.0 Å². The van der Waals surface area contributed by atoms with Gasteiger partial charge in [0.15, 0.2) is 0 Å². The van der Waals surface area contributed by atoms with Crippen LogP contribution in [-0.4, -0.2) is 30.6 Å². The van der Waals surface area contributed by atoms with Gasteiger partial charge in [-0.3, -0.25) is 4.79 Å². The lowest BCUT2D eigenvalue weighted by molar-refractivity contribution is 0.0938. The number of carbonyl (C=O) groups is 1. The number of benzene rings is 1. The minimum atomic E-state index is -0.0613. The molecule has 4 heteroatoms. The third-order valence-electron chi connectivity index (χ3n) is 3.95. The van der Waals surface area contributed by atoms with E-state index in [1.165, 1.54) is 0 Å². The van der Waals surface area contributed by atoms with Crippen LogP contribution >= 0.6 is 0 Å². The summed E-state index contributed by atoms with van der Waals surface area (Å²) in [7, 11) is 0. The average molecular weight is 262 g/mol. The van der Waals surface area contributed by atoms with Gasteiger partial charge in [0, 0.05) is 12.1 Å². The molecule has 1 amide bonds. The van der Waals surface area contributed by atoms with Gasteiger partial charge in [-0.1, -0.05) is 6.92 Å². The van der Waals surface area contributed by atoms with E-state index in [0.717, 1.165) is 31.6 Å². The second kappa shape index (κ2) is 6.06. The summed E-state index contributed by atoms with van der Waals surface area (Å²) in [5, 5.41) is 15.8. The molecule has 3 N–H and O–H groups in total. The highest BCUT2D eigenvalue weighted by atomic mass is 16.3. The number of phenols is 1. The molecule has 1 fully saturated rings. The largest absolute Gasteiger partial charge is 0.508 e. The topological polar surface area (TPSA) is 61.4 Å². The second-order valence-corrected chi connectivity index (χ2v) is 5.44. The van der Waals surface area contributed by atoms with E-state index < -0.39 is 0 Å². The molecule has 1 saturated heterocycles. The Labute approximate surface area is 114 Å². The van der Waals surface area contributed by atoms with Crippen molar-refractivity contribution in [1.29, 1.82) is 0 Å². The van der Waals surface area contributed by atoms with Gasteiger partial charge in [0.1, 0.15) is 5.75 Å². The number of carbonyl (C=O) groups excluding carboxylic acids is 1. The van der Waals surface area contributed by atoms with Crippen molar-refractivity contribution in [1.82, 2.24) is 10.6 Å². The van der Waals surface area contributed by atoms with E-state index in [1.807, 2.05) is 0 Å². The zero-order valence-electron chi connectivity index (χ0n) is 11.6. The van der Waals surface area contributed by atoms with Gasteiger partial charge in [0.25, 0.3) is 5.91 Å². The van der Waals surface area contributed by atoms with Crippen molar-refractivity contribution in [3.63, 3.8) is 0 Å². The first-order valence-electron chi connectivity index (χ1n) is 6.86. The van der Waals surface area contributed by atoms with Gasteiger partial charge < -0.3 is 15.7 Å². The van der Waals surface area contributed by atoms with Gasteiger partial charge in [0.05, 0.1) is 0 Å². The molecule has 1 aliphatic heterocycles. The Morgan fingerprint density at radius 2 is 2.32 bits per heavy atom. The van der Waals surface area contributed by atoms with Crippen LogP contribution in [0.2, 0.25) is 0 Å². The van der Waals surface area contributed by atoms with Crippen molar-refractivity contribution >= 4 is 5.91 Å². The van der Waals surface area contributed by atoms with E-state index in [2.05, 4.69) is 17.6 Å². The van der Waals surface area contributed by atoms with E-state index in [4.69, 9.17) is 0 Å². The molecular weight excluding hydrogens is 240 g/mol. The van der Waals surface area contributed by atoms with E-state index in [1.54, 1.807) is 25.1 Å². The van der Waals surface area contributed by atoms with Gasteiger partial charge >= 0.3 is 0 Å². The Balaban J connectivity index is 1.91. The van der Waals surface area contributed by atoms with Crippen molar-refractivity contribution in [2.75, 3.05) is 19.6 Å². The average Bonchev–Trinajstić information content (AvgIpc) is 2.40. The monoisotopic (exact) mass is 262 g/mol. The predicted octanol–water partition coefficient (Wildman–Crippen LogP) is 1.68. The molecule has 1 aromatic carbocycles. The lowest BCUT2D eigenvalue weighted by atomic mass is 9.88. The lowest BCUT2D eigenvalue weighted by Crippen LogP contribution is -2.41. The molecule has 19 heavy (non-hydrogen) atoms. The smallest absolute Gasteiger partial charge is 0.251 e. The summed E-state index contributed by atoms with van der Waals surface area (Å²) in [6.45, 7) is 6.79. The quantitative estimate of drug-likeness (QED) is 0.776. The Hall–Kier alpha value is -1.55. The molecule has 0 radical (unpaired) electrons. The molecule has 2 atom stereocenters. The van der Waals surface area contributed by atoms with Gasteiger partial charge in [0.2, 0.25) is 0 Å². The molecule has 1 aliphatic rings. The molecular formula is C15H22N2O2. The third-order valence-corrected chi connectivity index (χ3v) is 3.95. The maximum Gasteiger partial charge on any atom is 0.251 e. The first kappa shape index (κ1) is 13.9. The Morgan fingerprint density at radius 3 is 3.00 bits per heavy atom. The van der Waals surface area contributed by atoms with Crippen LogP contribution in [0.3, 0.4) is 0 Å². The second-order valence-electron chi connectivity index (χ2n) is 5.44. The van der Waals surface area contributed by atoms with Crippen molar-refractivity contribution < 1.29 is 9.90 Å². The fourth-order valence-electron chi connectivity index (χ4n) is 2.49. The minimum Gasteiger partial charge on any atom is -0.508 e. The van der Waals surface area contributed by atoms with Crippen LogP contribution in [0.25, 0.3) is 0 Å². The summed E-state index contributed by atoms with van der Waals surface area (Å²) in [5.74, 6) is 1.30. The summed E-state index contributed by atoms with van der Waals surface area (Å²) in [5.41, 5.74) is 1.33. The zero-order valence-corrected chi connectivity index (χ0v) is 11.6. The first-order chi connectivity index (χ1) is 9.08. The van der Waals surface area contributed by atoms with Gasteiger partial charge in [-0.25, -0.2) is 0 Å². The predicted molar refractivity (Wildman–Crippen MR) is 75.3 cm³/mol. The van der Waals surface area contributed by atoms with Crippen LogP contribution in [0.4, 0.5) is 0 Å². The van der Waals surface area contributed by atoms with E-state index in [9.17, 15) is 9.90 Å². The first-order valence-corrected chi connectivity index (χ1v) is 6.86. The molecule has 4 nitrogen and oxygen atoms in total. The molecule has 1 aromatic rings. The molecule has 1 heterocycles. The highest BCUT2D eigenvalue weighted by Gasteiger charge is 2.21. The Kier molecular flexibility index (Phi) is 4.43. The number of aryl methyl sites for hydroxylation is 1. The zero-order chi connectivity index (χ0) is 13.8. The van der Waals surface area contributed by atoms with Crippen molar-refractivity contribution in [3.05, 3.63) is 29.3 Å². The van der Waals surface area contributed by atoms with E-state index >= 15 is 0 Å². The van der Waals surface area contributed by atoms with Crippen LogP contribution in [0.15, 0.2) is 18.2 Å². The summed E-state index contributed by atoms with van der Waals surface area (Å²) in [4.78, 5) is 12.0. The molecule has 0 aliphatic carbocycles. The van der Waals surface area contributed by atoms with Crippen LogP contribution in [-0.2, 0) is 0 Å². The van der Waals surface area contributed by atoms with Crippen LogP contribution < -0.4 is 10.6 Å². The number of phenolic OH excluding ortho intramolecular Hbond substituents is 1. The number of piperidine rings is 1. The summed E-state index contributed by atoms with van der Waals surface area (Å²) >= 11 is 0. The fourth-order valence-corrected chi connectivity index (χ4v) is 2.49. The Bertz CT molecular complexity index is 459. The van der Waals surface area contributed by atoms with E-state index in [-0.39, 0.29) is 11.7 Å².